The van der Waals surface area contributed by atoms with E-state index in [1.807, 2.05) is 29.2 Å². The van der Waals surface area contributed by atoms with Gasteiger partial charge in [0.05, 0.1) is 26.3 Å². The molecule has 1 aliphatic rings. The molecule has 0 unspecified atom stereocenters. The first kappa shape index (κ1) is 19.5. The largest absolute Gasteiger partial charge is 0.497 e. The molecule has 0 aromatic heterocycles. The van der Waals surface area contributed by atoms with Crippen LogP contribution in [0.15, 0.2) is 34.8 Å². The summed E-state index contributed by atoms with van der Waals surface area (Å²) in [6, 6.07) is 9.64. The first-order valence-electron chi connectivity index (χ1n) is 8.52. The fraction of sp³-hybridized carbons (Fsp3) is 0.350. The molecule has 0 saturated heterocycles. The highest BCUT2D eigenvalue weighted by molar-refractivity contribution is 9.10. The lowest BCUT2D eigenvalue weighted by molar-refractivity contribution is 0.0494. The fourth-order valence-electron chi connectivity index (χ4n) is 3.08. The van der Waals surface area contributed by atoms with Crippen molar-refractivity contribution in [3.8, 4) is 17.2 Å². The number of benzene rings is 2. The molecule has 0 N–H and O–H groups in total. The highest BCUT2D eigenvalue weighted by Crippen LogP contribution is 2.43. The maximum absolute atomic E-state index is 12.9. The van der Waals surface area contributed by atoms with Gasteiger partial charge in [0.1, 0.15) is 21.7 Å². The van der Waals surface area contributed by atoms with Crippen LogP contribution in [0.4, 0.5) is 0 Å². The number of halogens is 1. The monoisotopic (exact) mass is 435 g/mol. The van der Waals surface area contributed by atoms with Crippen molar-refractivity contribution in [3.05, 3.63) is 51.5 Å². The molecule has 7 heteroatoms. The normalized spacial score (nSPS) is 12.9. The zero-order valence-corrected chi connectivity index (χ0v) is 17.2. The summed E-state index contributed by atoms with van der Waals surface area (Å²) >= 11 is 3.51. The van der Waals surface area contributed by atoms with E-state index in [2.05, 4.69) is 15.9 Å². The van der Waals surface area contributed by atoms with Crippen molar-refractivity contribution >= 4 is 21.8 Å². The summed E-state index contributed by atoms with van der Waals surface area (Å²) in [7, 11) is 4.76. The van der Waals surface area contributed by atoms with Crippen molar-refractivity contribution in [2.24, 2.45) is 0 Å². The Kier molecular flexibility index (Phi) is 6.23. The van der Waals surface area contributed by atoms with Crippen LogP contribution in [-0.2, 0) is 17.7 Å². The van der Waals surface area contributed by atoms with Crippen molar-refractivity contribution in [1.29, 1.82) is 0 Å². The Bertz CT molecular complexity index is 822. The van der Waals surface area contributed by atoms with Crippen LogP contribution in [0.2, 0.25) is 0 Å². The number of amides is 1. The molecule has 1 heterocycles. The van der Waals surface area contributed by atoms with Crippen LogP contribution in [0.1, 0.15) is 21.5 Å². The highest BCUT2D eigenvalue weighted by atomic mass is 79.9. The molecule has 27 heavy (non-hydrogen) atoms. The van der Waals surface area contributed by atoms with E-state index in [0.29, 0.717) is 34.6 Å². The second-order valence-corrected chi connectivity index (χ2v) is 6.92. The van der Waals surface area contributed by atoms with Crippen molar-refractivity contribution in [2.75, 3.05) is 34.7 Å². The summed E-state index contributed by atoms with van der Waals surface area (Å²) in [6.45, 7) is 1.20. The maximum atomic E-state index is 12.9. The van der Waals surface area contributed by atoms with Crippen LogP contribution in [0.25, 0.3) is 0 Å². The molecule has 0 spiro atoms. The number of hydrogen-bond donors (Lipinski definition) is 0. The van der Waals surface area contributed by atoms with E-state index in [9.17, 15) is 4.79 Å². The second-order valence-electron chi connectivity index (χ2n) is 6.12. The van der Waals surface area contributed by atoms with Crippen molar-refractivity contribution in [1.82, 2.24) is 4.90 Å². The average molecular weight is 436 g/mol. The van der Waals surface area contributed by atoms with Crippen LogP contribution in [0, 0.1) is 0 Å². The SMILES string of the molecule is COCOc1c(Br)c(OC)cc2c1CN(CCc1ccc(OC)cc1)C2=O. The molecule has 2 aromatic rings. The predicted octanol–water partition coefficient (Wildman–Crippen LogP) is 3.65. The zero-order valence-electron chi connectivity index (χ0n) is 15.6. The van der Waals surface area contributed by atoms with Gasteiger partial charge < -0.3 is 23.8 Å². The first-order chi connectivity index (χ1) is 13.1. The number of fused-ring (bicyclic) bond motifs is 1. The molecule has 0 bridgehead atoms. The number of carbonyl (C=O) groups is 1. The van der Waals surface area contributed by atoms with Gasteiger partial charge in [-0.05, 0) is 46.1 Å². The van der Waals surface area contributed by atoms with E-state index in [1.165, 1.54) is 0 Å². The van der Waals surface area contributed by atoms with Crippen molar-refractivity contribution < 1.29 is 23.7 Å². The number of carbonyl (C=O) groups excluding carboxylic acids is 1. The molecule has 1 amide bonds. The summed E-state index contributed by atoms with van der Waals surface area (Å²) in [4.78, 5) is 14.7. The van der Waals surface area contributed by atoms with Crippen molar-refractivity contribution in [2.45, 2.75) is 13.0 Å². The zero-order chi connectivity index (χ0) is 19.4. The second kappa shape index (κ2) is 8.63. The average Bonchev–Trinajstić information content (AvgIpc) is 3.01. The van der Waals surface area contributed by atoms with E-state index < -0.39 is 0 Å². The Labute approximate surface area is 167 Å². The minimum Gasteiger partial charge on any atom is -0.497 e. The lowest BCUT2D eigenvalue weighted by atomic mass is 10.1. The van der Waals surface area contributed by atoms with E-state index in [0.717, 1.165) is 23.3 Å². The number of nitrogens with zero attached hydrogens (tertiary/aromatic N) is 1. The summed E-state index contributed by atoms with van der Waals surface area (Å²) in [5.74, 6) is 1.95. The summed E-state index contributed by atoms with van der Waals surface area (Å²) < 4.78 is 22.0. The Hall–Kier alpha value is -2.25. The maximum Gasteiger partial charge on any atom is 0.254 e. The number of hydrogen-bond acceptors (Lipinski definition) is 5. The lowest BCUT2D eigenvalue weighted by Crippen LogP contribution is -2.26. The Morgan fingerprint density at radius 1 is 1.11 bits per heavy atom. The first-order valence-corrected chi connectivity index (χ1v) is 9.31. The van der Waals surface area contributed by atoms with Gasteiger partial charge in [0.2, 0.25) is 0 Å². The van der Waals surface area contributed by atoms with Gasteiger partial charge in [-0.25, -0.2) is 0 Å². The molecule has 0 radical (unpaired) electrons. The van der Waals surface area contributed by atoms with E-state index in [-0.39, 0.29) is 12.7 Å². The van der Waals surface area contributed by atoms with Crippen molar-refractivity contribution in [3.63, 3.8) is 0 Å². The third-order valence-electron chi connectivity index (χ3n) is 4.53. The molecular formula is C20H22BrNO5. The van der Waals surface area contributed by atoms with Crippen LogP contribution >= 0.6 is 15.9 Å². The molecule has 0 aliphatic carbocycles. The van der Waals surface area contributed by atoms with Crippen LogP contribution in [0.3, 0.4) is 0 Å². The third kappa shape index (κ3) is 4.04. The van der Waals surface area contributed by atoms with Gasteiger partial charge in [-0.3, -0.25) is 4.79 Å². The molecule has 1 aliphatic heterocycles. The van der Waals surface area contributed by atoms with Crippen LogP contribution < -0.4 is 14.2 Å². The standard InChI is InChI=1S/C20H22BrNO5/c1-24-12-27-19-16-11-22(9-8-13-4-6-14(25-2)7-5-13)20(23)15(16)10-17(26-3)18(19)21/h4-7,10H,8-9,11-12H2,1-3H3. The molecule has 0 atom stereocenters. The molecule has 2 aromatic carbocycles. The van der Waals surface area contributed by atoms with Gasteiger partial charge in [0.25, 0.3) is 5.91 Å². The molecule has 6 nitrogen and oxygen atoms in total. The fourth-order valence-corrected chi connectivity index (χ4v) is 3.71. The Balaban J connectivity index is 1.78. The minimum absolute atomic E-state index is 0.0217. The highest BCUT2D eigenvalue weighted by Gasteiger charge is 2.33. The van der Waals surface area contributed by atoms with E-state index in [1.54, 1.807) is 27.4 Å². The number of methoxy groups -OCH3 is 3. The van der Waals surface area contributed by atoms with Crippen LogP contribution in [-0.4, -0.2) is 45.5 Å². The Morgan fingerprint density at radius 3 is 2.48 bits per heavy atom. The van der Waals surface area contributed by atoms with Gasteiger partial charge in [0.15, 0.2) is 6.79 Å². The topological polar surface area (TPSA) is 57.2 Å². The van der Waals surface area contributed by atoms with Gasteiger partial charge in [-0.1, -0.05) is 12.1 Å². The van der Waals surface area contributed by atoms with E-state index >= 15 is 0 Å². The molecule has 144 valence electrons. The predicted molar refractivity (Wildman–Crippen MR) is 105 cm³/mol. The minimum atomic E-state index is -0.0217. The smallest absolute Gasteiger partial charge is 0.254 e. The Morgan fingerprint density at radius 2 is 1.85 bits per heavy atom. The van der Waals surface area contributed by atoms with Crippen LogP contribution in [0.5, 0.6) is 17.2 Å². The summed E-state index contributed by atoms with van der Waals surface area (Å²) in [5.41, 5.74) is 2.60. The van der Waals surface area contributed by atoms with Gasteiger partial charge in [0, 0.05) is 19.2 Å². The van der Waals surface area contributed by atoms with Gasteiger partial charge >= 0.3 is 0 Å². The molecule has 0 saturated carbocycles. The molecule has 3 rings (SSSR count). The third-order valence-corrected chi connectivity index (χ3v) is 5.28. The van der Waals surface area contributed by atoms with Gasteiger partial charge in [-0.15, -0.1) is 0 Å². The number of rotatable bonds is 8. The summed E-state index contributed by atoms with van der Waals surface area (Å²) in [6.07, 6.45) is 0.760. The van der Waals surface area contributed by atoms with E-state index in [4.69, 9.17) is 18.9 Å². The quantitative estimate of drug-likeness (QED) is 0.592. The lowest BCUT2D eigenvalue weighted by Gasteiger charge is -2.16. The molecule has 0 fully saturated rings. The molecular weight excluding hydrogens is 414 g/mol. The van der Waals surface area contributed by atoms with Gasteiger partial charge in [-0.2, -0.15) is 0 Å². The number of ether oxygens (including phenoxy) is 4. The summed E-state index contributed by atoms with van der Waals surface area (Å²) in [5, 5.41) is 0.